The lowest BCUT2D eigenvalue weighted by atomic mass is 10.2. The van der Waals surface area contributed by atoms with Gasteiger partial charge in [0.1, 0.15) is 5.52 Å². The number of nitrogens with one attached hydrogen (secondary N) is 1. The van der Waals surface area contributed by atoms with Gasteiger partial charge in [-0.05, 0) is 37.3 Å². The number of carbonyl (C=O) groups excluding carboxylic acids is 1. The molecule has 13 heteroatoms. The summed E-state index contributed by atoms with van der Waals surface area (Å²) >= 11 is 5.95. The monoisotopic (exact) mass is 501 g/mol. The van der Waals surface area contributed by atoms with Crippen molar-refractivity contribution in [1.82, 2.24) is 33.6 Å². The minimum atomic E-state index is -3.71. The third-order valence-electron chi connectivity index (χ3n) is 5.79. The van der Waals surface area contributed by atoms with E-state index in [9.17, 15) is 18.0 Å². The molecule has 1 fully saturated rings. The fourth-order valence-corrected chi connectivity index (χ4v) is 5.66. The van der Waals surface area contributed by atoms with Crippen LogP contribution in [0.15, 0.2) is 58.5 Å². The minimum absolute atomic E-state index is 0.123. The van der Waals surface area contributed by atoms with Gasteiger partial charge in [-0.25, -0.2) is 17.6 Å². The molecule has 0 atom stereocenters. The highest BCUT2D eigenvalue weighted by Gasteiger charge is 2.31. The number of H-pyrrole nitrogens is 1. The Morgan fingerprint density at radius 3 is 2.62 bits per heavy atom. The molecule has 34 heavy (non-hydrogen) atoms. The maximum Gasteiger partial charge on any atom is 0.276 e. The van der Waals surface area contributed by atoms with Crippen molar-refractivity contribution in [1.29, 1.82) is 0 Å². The van der Waals surface area contributed by atoms with Gasteiger partial charge in [-0.1, -0.05) is 17.7 Å². The minimum Gasteiger partial charge on any atom is -0.336 e. The Kier molecular flexibility index (Phi) is 5.50. The van der Waals surface area contributed by atoms with Gasteiger partial charge >= 0.3 is 0 Å². The van der Waals surface area contributed by atoms with Crippen LogP contribution in [0.2, 0.25) is 5.02 Å². The van der Waals surface area contributed by atoms with Gasteiger partial charge in [0.2, 0.25) is 16.0 Å². The number of fused-ring (bicyclic) bond motifs is 1. The number of piperazine rings is 1. The van der Waals surface area contributed by atoms with E-state index >= 15 is 0 Å². The molecule has 0 unspecified atom stereocenters. The molecule has 4 heterocycles. The van der Waals surface area contributed by atoms with Crippen LogP contribution in [0, 0.1) is 6.92 Å². The van der Waals surface area contributed by atoms with Crippen molar-refractivity contribution >= 4 is 33.0 Å². The van der Waals surface area contributed by atoms with Crippen molar-refractivity contribution in [3.05, 3.63) is 75.4 Å². The lowest BCUT2D eigenvalue weighted by Gasteiger charge is -2.34. The van der Waals surface area contributed by atoms with E-state index in [0.717, 1.165) is 0 Å². The molecule has 1 aromatic carbocycles. The highest BCUT2D eigenvalue weighted by atomic mass is 35.5. The van der Waals surface area contributed by atoms with Gasteiger partial charge in [0.25, 0.3) is 11.5 Å². The highest BCUT2D eigenvalue weighted by Crippen LogP contribution is 2.22. The fourth-order valence-electron chi connectivity index (χ4n) is 3.94. The molecule has 1 amide bonds. The molecule has 11 nitrogen and oxygen atoms in total. The number of nitrogens with zero attached hydrogens (tertiary/aromatic N) is 6. The summed E-state index contributed by atoms with van der Waals surface area (Å²) in [6.45, 7) is 2.49. The smallest absolute Gasteiger partial charge is 0.276 e. The average Bonchev–Trinajstić information content (AvgIpc) is 3.45. The lowest BCUT2D eigenvalue weighted by Crippen LogP contribution is -2.50. The molecule has 176 valence electrons. The summed E-state index contributed by atoms with van der Waals surface area (Å²) in [5.74, 6) is -0.0874. The summed E-state index contributed by atoms with van der Waals surface area (Å²) in [5.41, 5.74) is 0.931. The zero-order valence-electron chi connectivity index (χ0n) is 18.0. The van der Waals surface area contributed by atoms with E-state index in [2.05, 4.69) is 15.2 Å². The first kappa shape index (κ1) is 22.3. The maximum absolute atomic E-state index is 13.2. The van der Waals surface area contributed by atoms with E-state index in [1.807, 2.05) is 0 Å². The number of sulfonamides is 1. The topological polar surface area (TPSA) is 126 Å². The van der Waals surface area contributed by atoms with Gasteiger partial charge in [-0.3, -0.25) is 14.6 Å². The van der Waals surface area contributed by atoms with Crippen LogP contribution in [0.3, 0.4) is 0 Å². The number of aromatic nitrogens is 5. The lowest BCUT2D eigenvalue weighted by molar-refractivity contribution is 0.0697. The number of amides is 1. The summed E-state index contributed by atoms with van der Waals surface area (Å²) in [6.07, 6.45) is 3.07. The maximum atomic E-state index is 13.2. The van der Waals surface area contributed by atoms with Gasteiger partial charge in [-0.2, -0.15) is 9.40 Å². The van der Waals surface area contributed by atoms with Crippen molar-refractivity contribution in [3.63, 3.8) is 0 Å². The van der Waals surface area contributed by atoms with E-state index in [1.54, 1.807) is 42.3 Å². The number of hydrogen-bond donors (Lipinski definition) is 1. The standard InChI is InChI=1S/C21H20ClN7O4S/c1-14-17(13-23-29(14)21-24-19(30)18-6-3-7-28(18)25-21)20(31)26-8-10-27(11-9-26)34(32,33)16-5-2-4-15(22)12-16/h2-7,12-13H,8-11H2,1H3,(H,24,25,30). The number of aromatic amines is 1. The van der Waals surface area contributed by atoms with Crippen LogP contribution < -0.4 is 5.56 Å². The van der Waals surface area contributed by atoms with E-state index in [4.69, 9.17) is 11.6 Å². The predicted octanol–water partition coefficient (Wildman–Crippen LogP) is 1.32. The van der Waals surface area contributed by atoms with Crippen molar-refractivity contribution < 1.29 is 13.2 Å². The van der Waals surface area contributed by atoms with E-state index < -0.39 is 10.0 Å². The average molecular weight is 502 g/mol. The Morgan fingerprint density at radius 2 is 1.88 bits per heavy atom. The predicted molar refractivity (Wildman–Crippen MR) is 124 cm³/mol. The molecular weight excluding hydrogens is 482 g/mol. The SMILES string of the molecule is Cc1c(C(=O)N2CCN(S(=O)(=O)c3cccc(Cl)c3)CC2)cnn1-c1nn2cccc2c(=O)[nH]1. The van der Waals surface area contributed by atoms with Gasteiger partial charge < -0.3 is 4.90 Å². The van der Waals surface area contributed by atoms with E-state index in [-0.39, 0.29) is 48.5 Å². The van der Waals surface area contributed by atoms with Crippen LogP contribution >= 0.6 is 11.6 Å². The van der Waals surface area contributed by atoms with Crippen molar-refractivity contribution in [2.45, 2.75) is 11.8 Å². The number of benzene rings is 1. The molecule has 1 saturated heterocycles. The molecule has 0 bridgehead atoms. The summed E-state index contributed by atoms with van der Waals surface area (Å²) in [6, 6.07) is 9.47. The highest BCUT2D eigenvalue weighted by molar-refractivity contribution is 7.89. The van der Waals surface area contributed by atoms with Crippen molar-refractivity contribution in [2.75, 3.05) is 26.2 Å². The van der Waals surface area contributed by atoms with Gasteiger partial charge in [0, 0.05) is 37.4 Å². The molecule has 1 N–H and O–H groups in total. The second-order valence-corrected chi connectivity index (χ2v) is 10.2. The number of rotatable bonds is 4. The zero-order valence-corrected chi connectivity index (χ0v) is 19.6. The molecule has 0 saturated carbocycles. The number of halogens is 1. The first-order valence-corrected chi connectivity index (χ1v) is 12.3. The molecule has 3 aromatic heterocycles. The first-order chi connectivity index (χ1) is 16.3. The Morgan fingerprint density at radius 1 is 1.12 bits per heavy atom. The normalized spacial score (nSPS) is 15.2. The van der Waals surface area contributed by atoms with Crippen molar-refractivity contribution in [2.24, 2.45) is 0 Å². The largest absolute Gasteiger partial charge is 0.336 e. The van der Waals surface area contributed by atoms with E-state index in [0.29, 0.717) is 21.8 Å². The molecule has 1 aliphatic heterocycles. The first-order valence-electron chi connectivity index (χ1n) is 10.4. The quantitative estimate of drug-likeness (QED) is 0.449. The van der Waals surface area contributed by atoms with Crippen LogP contribution in [-0.2, 0) is 10.0 Å². The Bertz CT molecular complexity index is 1570. The van der Waals surface area contributed by atoms with Gasteiger partial charge in [0.05, 0.1) is 22.3 Å². The van der Waals surface area contributed by atoms with Crippen LogP contribution in [0.1, 0.15) is 16.1 Å². The van der Waals surface area contributed by atoms with Crippen LogP contribution in [-0.4, -0.2) is 74.1 Å². The fraction of sp³-hybridized carbons (Fsp3) is 0.238. The van der Waals surface area contributed by atoms with Crippen molar-refractivity contribution in [3.8, 4) is 5.95 Å². The summed E-state index contributed by atoms with van der Waals surface area (Å²) in [4.78, 5) is 29.8. The third-order valence-corrected chi connectivity index (χ3v) is 7.92. The van der Waals surface area contributed by atoms with E-state index in [1.165, 1.54) is 31.8 Å². The summed E-state index contributed by atoms with van der Waals surface area (Å²) in [5, 5.41) is 8.92. The molecule has 1 aliphatic rings. The van der Waals surface area contributed by atoms with Gasteiger partial charge in [0.15, 0.2) is 0 Å². The van der Waals surface area contributed by atoms with Gasteiger partial charge in [-0.15, -0.1) is 5.10 Å². The molecule has 0 radical (unpaired) electrons. The molecule has 0 aliphatic carbocycles. The third kappa shape index (κ3) is 3.79. The molecule has 4 aromatic rings. The zero-order chi connectivity index (χ0) is 24.0. The van der Waals surface area contributed by atoms with Crippen LogP contribution in [0.5, 0.6) is 0 Å². The molecule has 5 rings (SSSR count). The Hall–Kier alpha value is -3.48. The summed E-state index contributed by atoms with van der Waals surface area (Å²) < 4.78 is 30.0. The van der Waals surface area contributed by atoms with Crippen LogP contribution in [0.4, 0.5) is 0 Å². The summed E-state index contributed by atoms with van der Waals surface area (Å²) in [7, 11) is -3.71. The molecule has 0 spiro atoms. The number of carbonyl (C=O) groups is 1. The Balaban J connectivity index is 1.33. The second-order valence-electron chi connectivity index (χ2n) is 7.82. The molecular formula is C21H20ClN7O4S. The van der Waals surface area contributed by atoms with Crippen LogP contribution in [0.25, 0.3) is 11.5 Å². The number of hydrogen-bond acceptors (Lipinski definition) is 6. The second kappa shape index (κ2) is 8.38. The Labute approximate surface area is 199 Å².